The summed E-state index contributed by atoms with van der Waals surface area (Å²) < 4.78 is 0. The van der Waals surface area contributed by atoms with Crippen molar-refractivity contribution in [2.75, 3.05) is 13.1 Å². The summed E-state index contributed by atoms with van der Waals surface area (Å²) in [6, 6.07) is 8.10. The second-order valence-corrected chi connectivity index (χ2v) is 5.64. The SMILES string of the molecule is CC(C)C(=O)NCCNC(=O)NC1CCc2ccccc21. The molecular formula is C16H23N3O2. The van der Waals surface area contributed by atoms with Crippen LogP contribution in [0.25, 0.3) is 0 Å². The van der Waals surface area contributed by atoms with Gasteiger partial charge < -0.3 is 16.0 Å². The maximum atomic E-state index is 11.9. The number of carbonyl (C=O) groups is 2. The standard InChI is InChI=1S/C16H23N3O2/c1-11(2)15(20)17-9-10-18-16(21)19-14-8-7-12-5-3-4-6-13(12)14/h3-6,11,14H,7-10H2,1-2H3,(H,17,20)(H2,18,19,21). The van der Waals surface area contributed by atoms with E-state index in [1.807, 2.05) is 26.0 Å². The summed E-state index contributed by atoms with van der Waals surface area (Å²) in [6.45, 7) is 4.56. The summed E-state index contributed by atoms with van der Waals surface area (Å²) in [5.74, 6) is -0.0317. The van der Waals surface area contributed by atoms with E-state index in [-0.39, 0.29) is 23.9 Å². The lowest BCUT2D eigenvalue weighted by atomic mass is 10.1. The molecule has 1 aromatic rings. The van der Waals surface area contributed by atoms with E-state index in [1.54, 1.807) is 0 Å². The average Bonchev–Trinajstić information content (AvgIpc) is 2.86. The predicted molar refractivity (Wildman–Crippen MR) is 81.9 cm³/mol. The summed E-state index contributed by atoms with van der Waals surface area (Å²) in [7, 11) is 0. The normalized spacial score (nSPS) is 16.4. The molecule has 1 atom stereocenters. The molecule has 0 saturated heterocycles. The maximum Gasteiger partial charge on any atom is 0.315 e. The molecular weight excluding hydrogens is 266 g/mol. The highest BCUT2D eigenvalue weighted by molar-refractivity contribution is 5.78. The van der Waals surface area contributed by atoms with Gasteiger partial charge in [0, 0.05) is 19.0 Å². The minimum Gasteiger partial charge on any atom is -0.354 e. The highest BCUT2D eigenvalue weighted by atomic mass is 16.2. The van der Waals surface area contributed by atoms with Crippen LogP contribution in [0.4, 0.5) is 4.79 Å². The maximum absolute atomic E-state index is 11.9. The Morgan fingerprint density at radius 1 is 1.19 bits per heavy atom. The number of benzene rings is 1. The summed E-state index contributed by atoms with van der Waals surface area (Å²) in [6.07, 6.45) is 1.95. The molecule has 5 nitrogen and oxygen atoms in total. The van der Waals surface area contributed by atoms with Crippen LogP contribution in [0, 0.1) is 5.92 Å². The van der Waals surface area contributed by atoms with Gasteiger partial charge in [0.15, 0.2) is 0 Å². The van der Waals surface area contributed by atoms with Crippen LogP contribution >= 0.6 is 0 Å². The molecule has 5 heteroatoms. The molecule has 1 aliphatic rings. The zero-order valence-electron chi connectivity index (χ0n) is 12.6. The average molecular weight is 289 g/mol. The number of fused-ring (bicyclic) bond motifs is 1. The smallest absolute Gasteiger partial charge is 0.315 e. The van der Waals surface area contributed by atoms with Crippen molar-refractivity contribution < 1.29 is 9.59 Å². The van der Waals surface area contributed by atoms with Crippen LogP contribution in [0.2, 0.25) is 0 Å². The molecule has 0 radical (unpaired) electrons. The molecule has 0 spiro atoms. The van der Waals surface area contributed by atoms with E-state index in [1.165, 1.54) is 11.1 Å². The molecule has 0 aromatic heterocycles. The molecule has 3 amide bonds. The van der Waals surface area contributed by atoms with E-state index in [9.17, 15) is 9.59 Å². The highest BCUT2D eigenvalue weighted by Crippen LogP contribution is 2.30. The third-order valence-electron chi connectivity index (χ3n) is 3.67. The second-order valence-electron chi connectivity index (χ2n) is 5.64. The fourth-order valence-corrected chi connectivity index (χ4v) is 2.48. The number of carbonyl (C=O) groups excluding carboxylic acids is 2. The predicted octanol–water partition coefficient (Wildman–Crippen LogP) is 1.75. The van der Waals surface area contributed by atoms with Gasteiger partial charge in [0.2, 0.25) is 5.91 Å². The van der Waals surface area contributed by atoms with E-state index < -0.39 is 0 Å². The Bertz CT molecular complexity index is 514. The van der Waals surface area contributed by atoms with Gasteiger partial charge in [-0.25, -0.2) is 4.79 Å². The highest BCUT2D eigenvalue weighted by Gasteiger charge is 2.23. The first-order valence-corrected chi connectivity index (χ1v) is 7.48. The molecule has 0 fully saturated rings. The van der Waals surface area contributed by atoms with Crippen molar-refractivity contribution in [3.8, 4) is 0 Å². The number of amides is 3. The Labute approximate surface area is 125 Å². The van der Waals surface area contributed by atoms with E-state index in [4.69, 9.17) is 0 Å². The Hall–Kier alpha value is -2.04. The van der Waals surface area contributed by atoms with Gasteiger partial charge in [-0.05, 0) is 24.0 Å². The molecule has 1 aromatic carbocycles. The third-order valence-corrected chi connectivity index (χ3v) is 3.67. The van der Waals surface area contributed by atoms with Crippen molar-refractivity contribution in [3.63, 3.8) is 0 Å². The van der Waals surface area contributed by atoms with E-state index in [2.05, 4.69) is 28.1 Å². The van der Waals surface area contributed by atoms with E-state index >= 15 is 0 Å². The van der Waals surface area contributed by atoms with Gasteiger partial charge in [0.25, 0.3) is 0 Å². The monoisotopic (exact) mass is 289 g/mol. The minimum atomic E-state index is -0.185. The van der Waals surface area contributed by atoms with Crippen LogP contribution < -0.4 is 16.0 Å². The topological polar surface area (TPSA) is 70.2 Å². The van der Waals surface area contributed by atoms with Gasteiger partial charge in [0.05, 0.1) is 6.04 Å². The molecule has 0 heterocycles. The second kappa shape index (κ2) is 7.11. The molecule has 0 aliphatic heterocycles. The summed E-state index contributed by atoms with van der Waals surface area (Å²) in [5.41, 5.74) is 2.52. The largest absolute Gasteiger partial charge is 0.354 e. The number of aryl methyl sites for hydroxylation is 1. The van der Waals surface area contributed by atoms with Crippen LogP contribution in [0.1, 0.15) is 37.4 Å². The number of urea groups is 1. The zero-order chi connectivity index (χ0) is 15.2. The van der Waals surface area contributed by atoms with Crippen LogP contribution in [0.15, 0.2) is 24.3 Å². The van der Waals surface area contributed by atoms with Crippen molar-refractivity contribution in [3.05, 3.63) is 35.4 Å². The van der Waals surface area contributed by atoms with Crippen LogP contribution in [0.5, 0.6) is 0 Å². The van der Waals surface area contributed by atoms with Crippen molar-refractivity contribution in [1.29, 1.82) is 0 Å². The first-order chi connectivity index (χ1) is 10.1. The minimum absolute atomic E-state index is 0.00179. The van der Waals surface area contributed by atoms with Crippen LogP contribution in [-0.4, -0.2) is 25.0 Å². The van der Waals surface area contributed by atoms with Crippen molar-refractivity contribution in [2.24, 2.45) is 5.92 Å². The van der Waals surface area contributed by atoms with Crippen LogP contribution in [0.3, 0.4) is 0 Å². The number of hydrogen-bond acceptors (Lipinski definition) is 2. The first kappa shape index (κ1) is 15.4. The summed E-state index contributed by atoms with van der Waals surface area (Å²) in [5, 5.41) is 8.52. The van der Waals surface area contributed by atoms with Gasteiger partial charge in [-0.15, -0.1) is 0 Å². The molecule has 114 valence electrons. The lowest BCUT2D eigenvalue weighted by Gasteiger charge is -2.15. The molecule has 2 rings (SSSR count). The number of nitrogens with one attached hydrogen (secondary N) is 3. The van der Waals surface area contributed by atoms with Crippen molar-refractivity contribution in [1.82, 2.24) is 16.0 Å². The molecule has 1 unspecified atom stereocenters. The lowest BCUT2D eigenvalue weighted by Crippen LogP contribution is -2.41. The lowest BCUT2D eigenvalue weighted by molar-refractivity contribution is -0.123. The third kappa shape index (κ3) is 4.21. The molecule has 0 saturated carbocycles. The van der Waals surface area contributed by atoms with Gasteiger partial charge in [-0.1, -0.05) is 38.1 Å². The zero-order valence-corrected chi connectivity index (χ0v) is 12.6. The van der Waals surface area contributed by atoms with E-state index in [0.29, 0.717) is 13.1 Å². The molecule has 0 bridgehead atoms. The number of hydrogen-bond donors (Lipinski definition) is 3. The van der Waals surface area contributed by atoms with Crippen LogP contribution in [-0.2, 0) is 11.2 Å². The number of rotatable bonds is 5. The van der Waals surface area contributed by atoms with Crippen molar-refractivity contribution in [2.45, 2.75) is 32.7 Å². The molecule has 1 aliphatic carbocycles. The quantitative estimate of drug-likeness (QED) is 0.723. The Kier molecular flexibility index (Phi) is 5.20. The van der Waals surface area contributed by atoms with Gasteiger partial charge in [0.1, 0.15) is 0 Å². The van der Waals surface area contributed by atoms with Crippen molar-refractivity contribution >= 4 is 11.9 Å². The Morgan fingerprint density at radius 2 is 1.90 bits per heavy atom. The summed E-state index contributed by atoms with van der Waals surface area (Å²) >= 11 is 0. The fourth-order valence-electron chi connectivity index (χ4n) is 2.48. The van der Waals surface area contributed by atoms with E-state index in [0.717, 1.165) is 12.8 Å². The fraction of sp³-hybridized carbons (Fsp3) is 0.500. The van der Waals surface area contributed by atoms with Gasteiger partial charge >= 0.3 is 6.03 Å². The first-order valence-electron chi connectivity index (χ1n) is 7.48. The molecule has 21 heavy (non-hydrogen) atoms. The Morgan fingerprint density at radius 3 is 2.67 bits per heavy atom. The van der Waals surface area contributed by atoms with Gasteiger partial charge in [-0.3, -0.25) is 4.79 Å². The summed E-state index contributed by atoms with van der Waals surface area (Å²) in [4.78, 5) is 23.2. The Balaban J connectivity index is 1.70. The molecule has 3 N–H and O–H groups in total. The van der Waals surface area contributed by atoms with Gasteiger partial charge in [-0.2, -0.15) is 0 Å².